The van der Waals surface area contributed by atoms with Crippen LogP contribution in [0.4, 0.5) is 11.4 Å². The van der Waals surface area contributed by atoms with Crippen molar-refractivity contribution in [2.75, 3.05) is 24.6 Å². The number of para-hydroxylation sites is 2. The predicted molar refractivity (Wildman–Crippen MR) is 224 cm³/mol. The van der Waals surface area contributed by atoms with Gasteiger partial charge in [-0.3, -0.25) is 14.5 Å². The van der Waals surface area contributed by atoms with Crippen molar-refractivity contribution in [2.45, 2.75) is 82.8 Å². The number of anilines is 2. The van der Waals surface area contributed by atoms with E-state index in [4.69, 9.17) is 15.2 Å². The number of ether oxygens (including phenoxy) is 2. The summed E-state index contributed by atoms with van der Waals surface area (Å²) >= 11 is 0. The highest BCUT2D eigenvalue weighted by Crippen LogP contribution is 2.39. The molecule has 57 heavy (non-hydrogen) atoms. The maximum atomic E-state index is 12.8. The highest BCUT2D eigenvalue weighted by atomic mass is 16.7. The van der Waals surface area contributed by atoms with Crippen molar-refractivity contribution in [3.05, 3.63) is 155 Å². The zero-order chi connectivity index (χ0) is 40.1. The first-order valence-electron chi connectivity index (χ1n) is 19.7. The van der Waals surface area contributed by atoms with Crippen molar-refractivity contribution in [1.82, 2.24) is 10.2 Å². The summed E-state index contributed by atoms with van der Waals surface area (Å²) in [5, 5.41) is 26.6. The summed E-state index contributed by atoms with van der Waals surface area (Å²) in [5.41, 5.74) is 13.6. The van der Waals surface area contributed by atoms with E-state index in [1.807, 2.05) is 117 Å². The lowest BCUT2D eigenvalue weighted by Gasteiger charge is -2.39. The fraction of sp³-hybridized carbons (Fsp3) is 0.319. The van der Waals surface area contributed by atoms with Crippen LogP contribution < -0.4 is 16.4 Å². The van der Waals surface area contributed by atoms with Gasteiger partial charge < -0.3 is 36.1 Å². The van der Waals surface area contributed by atoms with Crippen LogP contribution in [0, 0.1) is 0 Å². The highest BCUT2D eigenvalue weighted by molar-refractivity contribution is 5.93. The van der Waals surface area contributed by atoms with Crippen LogP contribution in [0.15, 0.2) is 127 Å². The van der Waals surface area contributed by atoms with Gasteiger partial charge >= 0.3 is 0 Å². The summed E-state index contributed by atoms with van der Waals surface area (Å²) in [4.78, 5) is 27.2. The Morgan fingerprint density at radius 3 is 2.18 bits per heavy atom. The zero-order valence-electron chi connectivity index (χ0n) is 32.7. The van der Waals surface area contributed by atoms with Crippen molar-refractivity contribution in [3.8, 4) is 11.1 Å². The number of nitrogen functional groups attached to an aromatic ring is 1. The number of rotatable bonds is 17. The van der Waals surface area contributed by atoms with E-state index in [9.17, 15) is 19.8 Å². The zero-order valence-corrected chi connectivity index (χ0v) is 32.7. The van der Waals surface area contributed by atoms with Gasteiger partial charge in [-0.2, -0.15) is 0 Å². The number of aliphatic hydroxyl groups excluding tert-OH is 2. The van der Waals surface area contributed by atoms with Crippen LogP contribution in [0.2, 0.25) is 0 Å². The second-order valence-electron chi connectivity index (χ2n) is 14.8. The van der Waals surface area contributed by atoms with Crippen molar-refractivity contribution >= 4 is 23.2 Å². The summed E-state index contributed by atoms with van der Waals surface area (Å²) in [6.45, 7) is 2.97. The molecule has 5 atom stereocenters. The number of unbranched alkanes of at least 4 members (excludes halogenated alkanes) is 1. The number of carbonyl (C=O) groups is 2. The number of aliphatic hydroxyl groups is 2. The highest BCUT2D eigenvalue weighted by Gasteiger charge is 2.34. The van der Waals surface area contributed by atoms with E-state index in [2.05, 4.69) is 27.7 Å². The fourth-order valence-corrected chi connectivity index (χ4v) is 7.14. The Bertz CT molecular complexity index is 2040. The van der Waals surface area contributed by atoms with Gasteiger partial charge in [0.1, 0.15) is 0 Å². The molecule has 298 valence electrons. The largest absolute Gasteiger partial charge is 0.397 e. The molecule has 0 aromatic heterocycles. The fourth-order valence-electron chi connectivity index (χ4n) is 7.14. The van der Waals surface area contributed by atoms with E-state index in [1.165, 1.54) is 0 Å². The van der Waals surface area contributed by atoms with Gasteiger partial charge in [0, 0.05) is 44.0 Å². The molecule has 10 heteroatoms. The molecule has 1 heterocycles. The van der Waals surface area contributed by atoms with E-state index >= 15 is 0 Å². The number of amides is 2. The first-order chi connectivity index (χ1) is 27.7. The molecule has 0 bridgehead atoms. The third-order valence-corrected chi connectivity index (χ3v) is 10.7. The molecule has 6 N–H and O–H groups in total. The second-order valence-corrected chi connectivity index (χ2v) is 14.8. The van der Waals surface area contributed by atoms with Crippen molar-refractivity contribution < 1.29 is 29.3 Å². The minimum atomic E-state index is -0.650. The molecular weight excluding hydrogens is 717 g/mol. The standard InChI is InChI=1S/C47H54N4O6/c1-32(46(55)36-12-4-3-5-13-36)51(2)30-39-28-43(35-22-20-33(31-52)21-23-35)57-47(56-39)37-26-24-34(25-27-37)40-15-7-6-14-38(40)29-49-44(53)18-10-11-19-45(54)50-42-17-9-8-16-41(42)48/h3-9,12-17,20-27,32,39,43,46-47,52,55H,10-11,18-19,28-31,48H2,1-2H3,(H,49,53)(H,50,54)/t32-,39+,43-,46-,47-/m1/s1. The van der Waals surface area contributed by atoms with Crippen LogP contribution >= 0.6 is 0 Å². The van der Waals surface area contributed by atoms with E-state index in [-0.39, 0.29) is 36.7 Å². The van der Waals surface area contributed by atoms with Crippen molar-refractivity contribution in [3.63, 3.8) is 0 Å². The normalized spacial score (nSPS) is 17.8. The van der Waals surface area contributed by atoms with Crippen molar-refractivity contribution in [2.24, 2.45) is 0 Å². The van der Waals surface area contributed by atoms with Gasteiger partial charge in [0.2, 0.25) is 11.8 Å². The second kappa shape index (κ2) is 20.2. The molecule has 0 unspecified atom stereocenters. The quantitative estimate of drug-likeness (QED) is 0.0475. The summed E-state index contributed by atoms with van der Waals surface area (Å²) < 4.78 is 13.2. The minimum Gasteiger partial charge on any atom is -0.397 e. The molecule has 10 nitrogen and oxygen atoms in total. The summed E-state index contributed by atoms with van der Waals surface area (Å²) in [6.07, 6.45) is 0.760. The molecule has 2 amide bonds. The van der Waals surface area contributed by atoms with E-state index in [0.717, 1.165) is 38.9 Å². The first-order valence-corrected chi connectivity index (χ1v) is 19.7. The molecule has 1 aliphatic rings. The van der Waals surface area contributed by atoms with Crippen LogP contribution in [0.25, 0.3) is 11.1 Å². The number of hydrogen-bond donors (Lipinski definition) is 5. The Kier molecular flexibility index (Phi) is 14.6. The number of nitrogens with one attached hydrogen (secondary N) is 2. The molecular formula is C47H54N4O6. The van der Waals surface area contributed by atoms with Gasteiger partial charge in [-0.25, -0.2) is 0 Å². The molecule has 5 aromatic rings. The first kappa shape index (κ1) is 41.3. The molecule has 6 rings (SSSR count). The minimum absolute atomic E-state index is 0.0254. The summed E-state index contributed by atoms with van der Waals surface area (Å²) in [7, 11) is 2.01. The van der Waals surface area contributed by atoms with Gasteiger partial charge in [0.15, 0.2) is 6.29 Å². The Morgan fingerprint density at radius 2 is 1.46 bits per heavy atom. The van der Waals surface area contributed by atoms with E-state index in [0.29, 0.717) is 56.6 Å². The lowest BCUT2D eigenvalue weighted by Crippen LogP contribution is -2.43. The van der Waals surface area contributed by atoms with E-state index < -0.39 is 12.4 Å². The molecule has 1 fully saturated rings. The van der Waals surface area contributed by atoms with Crippen molar-refractivity contribution in [1.29, 1.82) is 0 Å². The molecule has 0 aliphatic carbocycles. The number of hydrogen-bond acceptors (Lipinski definition) is 8. The lowest BCUT2D eigenvalue weighted by atomic mass is 9.97. The Labute approximate surface area is 335 Å². The predicted octanol–water partition coefficient (Wildman–Crippen LogP) is 7.84. The SMILES string of the molecule is C[C@H]([C@@H](O)c1ccccc1)N(C)C[C@@H]1C[C@H](c2ccc(CO)cc2)O[C@H](c2ccc(-c3ccccc3CNC(=O)CCCCC(=O)Nc3ccccc3N)cc2)O1. The number of benzene rings is 5. The van der Waals surface area contributed by atoms with Crippen LogP contribution in [0.3, 0.4) is 0 Å². The Balaban J connectivity index is 1.07. The van der Waals surface area contributed by atoms with Crippen LogP contribution in [-0.4, -0.2) is 52.7 Å². The number of carbonyl (C=O) groups excluding carboxylic acids is 2. The van der Waals surface area contributed by atoms with Gasteiger partial charge in [0.05, 0.1) is 36.3 Å². The third kappa shape index (κ3) is 11.4. The summed E-state index contributed by atoms with van der Waals surface area (Å²) in [5.74, 6) is -0.190. The molecule has 0 saturated carbocycles. The molecule has 1 aliphatic heterocycles. The van der Waals surface area contributed by atoms with E-state index in [1.54, 1.807) is 12.1 Å². The van der Waals surface area contributed by atoms with Crippen LogP contribution in [0.5, 0.6) is 0 Å². The van der Waals surface area contributed by atoms with Gasteiger partial charge in [-0.1, -0.05) is 115 Å². The molecule has 0 radical (unpaired) electrons. The number of nitrogens with zero attached hydrogens (tertiary/aromatic N) is 1. The van der Waals surface area contributed by atoms with Gasteiger partial charge in [-0.05, 0) is 72.3 Å². The smallest absolute Gasteiger partial charge is 0.224 e. The number of nitrogens with two attached hydrogens (primary N) is 1. The maximum absolute atomic E-state index is 12.8. The Hall–Kier alpha value is -5.36. The van der Waals surface area contributed by atoms with Crippen LogP contribution in [0.1, 0.15) is 85.3 Å². The van der Waals surface area contributed by atoms with Gasteiger partial charge in [0.25, 0.3) is 0 Å². The maximum Gasteiger partial charge on any atom is 0.224 e. The summed E-state index contributed by atoms with van der Waals surface area (Å²) in [6, 6.07) is 40.7. The molecule has 1 saturated heterocycles. The lowest BCUT2D eigenvalue weighted by molar-refractivity contribution is -0.253. The number of likely N-dealkylation sites (N-methyl/N-ethyl adjacent to an activating group) is 1. The topological polar surface area (TPSA) is 146 Å². The third-order valence-electron chi connectivity index (χ3n) is 10.7. The Morgan fingerprint density at radius 1 is 0.807 bits per heavy atom. The monoisotopic (exact) mass is 770 g/mol. The molecule has 5 aromatic carbocycles. The average molecular weight is 771 g/mol. The van der Waals surface area contributed by atoms with Crippen LogP contribution in [-0.2, 0) is 32.2 Å². The van der Waals surface area contributed by atoms with Gasteiger partial charge in [-0.15, -0.1) is 0 Å². The average Bonchev–Trinajstić information content (AvgIpc) is 3.25. The molecule has 0 spiro atoms.